The maximum Gasteiger partial charge on any atom is 0.234 e. The summed E-state index contributed by atoms with van der Waals surface area (Å²) in [6, 6.07) is 10.3. The van der Waals surface area contributed by atoms with Gasteiger partial charge in [0.1, 0.15) is 16.9 Å². The number of nitrogens with two attached hydrogens (primary N) is 2. The van der Waals surface area contributed by atoms with E-state index in [1.54, 1.807) is 37.5 Å². The van der Waals surface area contributed by atoms with E-state index >= 15 is 4.39 Å². The van der Waals surface area contributed by atoms with Crippen molar-refractivity contribution in [3.8, 4) is 21.8 Å². The summed E-state index contributed by atoms with van der Waals surface area (Å²) in [6.07, 6.45) is 11.5. The molecular weight excluding hydrogens is 794 g/mol. The van der Waals surface area contributed by atoms with Gasteiger partial charge in [-0.05, 0) is 93.4 Å². The number of pyridine rings is 1. The predicted octanol–water partition coefficient (Wildman–Crippen LogP) is 5.83. The minimum Gasteiger partial charge on any atom is -0.368 e. The van der Waals surface area contributed by atoms with E-state index in [9.17, 15) is 22.8 Å². The van der Waals surface area contributed by atoms with Crippen molar-refractivity contribution in [1.82, 2.24) is 30.2 Å². The molecule has 3 aliphatic heterocycles. The van der Waals surface area contributed by atoms with Crippen LogP contribution in [-0.2, 0) is 24.4 Å². The van der Waals surface area contributed by atoms with Gasteiger partial charge in [-0.15, -0.1) is 11.3 Å². The van der Waals surface area contributed by atoms with Gasteiger partial charge in [0, 0.05) is 68.0 Å². The van der Waals surface area contributed by atoms with Gasteiger partial charge in [-0.2, -0.15) is 0 Å². The number of nitrogens with one attached hydrogen (secondary N) is 1. The average Bonchev–Trinajstić information content (AvgIpc) is 3.67. The fraction of sp³-hybridized carbons (Fsp3) is 0.500. The zero-order chi connectivity index (χ0) is 41.5. The number of primary sulfonamides is 1. The number of amides is 3. The number of aromatic nitrogens is 4. The van der Waals surface area contributed by atoms with E-state index in [0.29, 0.717) is 29.1 Å². The first-order valence-electron chi connectivity index (χ1n) is 20.6. The number of nitrogen functional groups attached to an aromatic ring is 1. The first kappa shape index (κ1) is 40.9. The summed E-state index contributed by atoms with van der Waals surface area (Å²) in [5, 5.41) is 7.61. The van der Waals surface area contributed by atoms with Crippen molar-refractivity contribution in [2.75, 3.05) is 36.8 Å². The topological polar surface area (TPSA) is 207 Å². The average molecular weight is 844 g/mol. The first-order valence-corrected chi connectivity index (χ1v) is 23.0. The van der Waals surface area contributed by atoms with Crippen LogP contribution in [0.4, 0.5) is 16.2 Å². The Bertz CT molecular complexity index is 2330. The smallest absolute Gasteiger partial charge is 0.234 e. The lowest BCUT2D eigenvalue weighted by Crippen LogP contribution is -2.48. The third-order valence-electron chi connectivity index (χ3n) is 13.1. The van der Waals surface area contributed by atoms with Crippen molar-refractivity contribution in [3.05, 3.63) is 70.7 Å². The van der Waals surface area contributed by atoms with Crippen LogP contribution in [0.5, 0.6) is 0 Å². The number of likely N-dealkylation sites (tertiary alicyclic amines) is 1. The molecule has 3 aromatic heterocycles. The largest absolute Gasteiger partial charge is 0.368 e. The summed E-state index contributed by atoms with van der Waals surface area (Å²) in [5.74, 6) is -0.240. The maximum absolute atomic E-state index is 16.3. The van der Waals surface area contributed by atoms with Crippen LogP contribution >= 0.6 is 11.3 Å². The van der Waals surface area contributed by atoms with Gasteiger partial charge < -0.3 is 15.5 Å². The Hall–Kier alpha value is -4.87. The van der Waals surface area contributed by atoms with Crippen molar-refractivity contribution in [3.63, 3.8) is 0 Å². The van der Waals surface area contributed by atoms with Crippen molar-refractivity contribution >= 4 is 50.8 Å². The fourth-order valence-electron chi connectivity index (χ4n) is 9.57. The lowest BCUT2D eigenvalue weighted by atomic mass is 9.65. The van der Waals surface area contributed by atoms with Crippen LogP contribution in [0.3, 0.4) is 0 Å². The number of hydrogen-bond donors (Lipinski definition) is 3. The molecule has 0 radical (unpaired) electrons. The molecule has 6 heterocycles. The lowest BCUT2D eigenvalue weighted by Gasteiger charge is -2.46. The maximum atomic E-state index is 16.3. The summed E-state index contributed by atoms with van der Waals surface area (Å²) in [6.45, 7) is 4.63. The van der Waals surface area contributed by atoms with E-state index in [4.69, 9.17) is 15.9 Å². The lowest BCUT2D eigenvalue weighted by molar-refractivity contribution is -0.139. The number of rotatable bonds is 9. The second kappa shape index (κ2) is 16.6. The fourth-order valence-corrected chi connectivity index (χ4v) is 11.8. The molecule has 0 bridgehead atoms. The zero-order valence-electron chi connectivity index (χ0n) is 33.1. The molecular formula is C42H50FN9O5S2. The van der Waals surface area contributed by atoms with Crippen molar-refractivity contribution < 1.29 is 27.2 Å². The Morgan fingerprint density at radius 3 is 2.37 bits per heavy atom. The summed E-state index contributed by atoms with van der Waals surface area (Å²) in [5.41, 5.74) is 8.04. The van der Waals surface area contributed by atoms with E-state index < -0.39 is 21.1 Å². The van der Waals surface area contributed by atoms with Gasteiger partial charge in [0.2, 0.25) is 33.7 Å². The summed E-state index contributed by atoms with van der Waals surface area (Å²) >= 11 is 1.47. The van der Waals surface area contributed by atoms with Crippen LogP contribution in [-0.4, -0.2) is 77.2 Å². The third-order valence-corrected chi connectivity index (χ3v) is 15.7. The number of carbonyl (C=O) groups excluding carboxylic acids is 3. The SMILES string of the molecule is CCC(c1cccc(-c2nc(C3CCC4(CC3)CCN(C(=O)C3CCN(c5ccc(C6CCC(=O)NC6=O)cn5)CC3)CC4)sc2-c2ccnc(N)n2)c1F)S(N)(=O)=O. The molecule has 2 atom stereocenters. The summed E-state index contributed by atoms with van der Waals surface area (Å²) in [7, 11) is -4.05. The molecule has 4 aliphatic rings. The molecule has 312 valence electrons. The van der Waals surface area contributed by atoms with Gasteiger partial charge in [0.05, 0.1) is 27.2 Å². The Balaban J connectivity index is 0.886. The summed E-state index contributed by atoms with van der Waals surface area (Å²) < 4.78 is 41.1. The molecule has 1 aromatic carbocycles. The second-order valence-electron chi connectivity index (χ2n) is 16.5. The van der Waals surface area contributed by atoms with Gasteiger partial charge >= 0.3 is 0 Å². The number of anilines is 2. The molecule has 1 aliphatic carbocycles. The van der Waals surface area contributed by atoms with E-state index in [1.165, 1.54) is 17.4 Å². The Morgan fingerprint density at radius 1 is 0.983 bits per heavy atom. The predicted molar refractivity (Wildman–Crippen MR) is 223 cm³/mol. The van der Waals surface area contributed by atoms with Gasteiger partial charge in [-0.25, -0.2) is 37.9 Å². The molecule has 4 aromatic rings. The van der Waals surface area contributed by atoms with Crippen molar-refractivity contribution in [1.29, 1.82) is 0 Å². The standard InChI is InChI=1S/C42H50FN9O5S2/c1-2-32(59(45,56)57)29-4-3-5-30(35(29)43)36-37(31-12-19-46-41(44)48-31)58-39(50-36)25-10-15-42(16-11-25)17-22-52(23-18-42)40(55)26-13-20-51(21-14-26)33-8-6-27(24-47-33)28-7-9-34(53)49-38(28)54/h3-6,8,12,19,24-26,28,32H,2,7,9-11,13-18,20-23H2,1H3,(H2,44,46,48)(H2,45,56,57)(H,49,53,54). The number of carbonyl (C=O) groups is 3. The van der Waals surface area contributed by atoms with Crippen molar-refractivity contribution in [2.45, 2.75) is 94.6 Å². The minimum atomic E-state index is -4.05. The van der Waals surface area contributed by atoms with E-state index in [-0.39, 0.29) is 64.4 Å². The van der Waals surface area contributed by atoms with E-state index in [0.717, 1.165) is 93.9 Å². The van der Waals surface area contributed by atoms with Crippen LogP contribution in [0, 0.1) is 17.2 Å². The number of halogens is 1. The van der Waals surface area contributed by atoms with Crippen LogP contribution in [0.25, 0.3) is 21.8 Å². The molecule has 2 unspecified atom stereocenters. The Morgan fingerprint density at radius 2 is 1.73 bits per heavy atom. The highest BCUT2D eigenvalue weighted by Gasteiger charge is 2.42. The first-order chi connectivity index (χ1) is 28.3. The second-order valence-corrected chi connectivity index (χ2v) is 19.3. The molecule has 59 heavy (non-hydrogen) atoms. The Kier molecular flexibility index (Phi) is 11.5. The van der Waals surface area contributed by atoms with Gasteiger partial charge in [0.25, 0.3) is 0 Å². The number of benzene rings is 1. The highest BCUT2D eigenvalue weighted by atomic mass is 32.2. The molecule has 3 saturated heterocycles. The van der Waals surface area contributed by atoms with Crippen LogP contribution in [0.1, 0.15) is 111 Å². The number of thiazole rings is 1. The third kappa shape index (κ3) is 8.46. The molecule has 5 N–H and O–H groups in total. The number of hydrogen-bond acceptors (Lipinski definition) is 12. The zero-order valence-corrected chi connectivity index (χ0v) is 34.7. The monoisotopic (exact) mass is 843 g/mol. The van der Waals surface area contributed by atoms with Gasteiger partial charge in [-0.1, -0.05) is 25.1 Å². The Labute approximate surface area is 347 Å². The van der Waals surface area contributed by atoms with E-state index in [2.05, 4.69) is 30.1 Å². The summed E-state index contributed by atoms with van der Waals surface area (Å²) in [4.78, 5) is 60.7. The number of imide groups is 1. The molecule has 1 saturated carbocycles. The molecule has 17 heteroatoms. The molecule has 3 amide bonds. The van der Waals surface area contributed by atoms with Gasteiger partial charge in [0.15, 0.2) is 0 Å². The van der Waals surface area contributed by atoms with Crippen molar-refractivity contribution in [2.24, 2.45) is 16.5 Å². The number of nitrogens with zero attached hydrogens (tertiary/aromatic N) is 6. The minimum absolute atomic E-state index is 0.0121. The normalized spacial score (nSPS) is 21.1. The molecule has 14 nitrogen and oxygen atoms in total. The molecule has 1 spiro atoms. The van der Waals surface area contributed by atoms with E-state index in [1.807, 2.05) is 12.1 Å². The highest BCUT2D eigenvalue weighted by Crippen LogP contribution is 2.51. The molecule has 4 fully saturated rings. The molecule has 8 rings (SSSR count). The highest BCUT2D eigenvalue weighted by molar-refractivity contribution is 7.89. The van der Waals surface area contributed by atoms with Gasteiger partial charge in [-0.3, -0.25) is 19.7 Å². The van der Waals surface area contributed by atoms with Crippen LogP contribution in [0.15, 0.2) is 48.8 Å². The number of sulfonamides is 1. The van der Waals surface area contributed by atoms with Crippen LogP contribution in [0.2, 0.25) is 0 Å². The van der Waals surface area contributed by atoms with Crippen LogP contribution < -0.4 is 21.1 Å². The number of piperidine rings is 3. The quantitative estimate of drug-likeness (QED) is 0.171.